The zero-order valence-electron chi connectivity index (χ0n) is 10.4. The average molecular weight is 253 g/mol. The molecule has 1 aliphatic rings. The smallest absolute Gasteiger partial charge is 0.191 e. The lowest BCUT2D eigenvalue weighted by atomic mass is 10.1. The Bertz CT molecular complexity index is 435. The number of nitrogens with zero attached hydrogens (tertiary/aromatic N) is 2. The Hall–Kier alpha value is -1.65. The summed E-state index contributed by atoms with van der Waals surface area (Å²) < 4.78 is 26.7. The van der Waals surface area contributed by atoms with E-state index in [-0.39, 0.29) is 12.0 Å². The van der Waals surface area contributed by atoms with E-state index in [1.807, 2.05) is 11.9 Å². The Kier molecular flexibility index (Phi) is 3.79. The molecule has 18 heavy (non-hydrogen) atoms. The first-order valence-electron chi connectivity index (χ1n) is 6.05. The number of rotatable bonds is 4. The first-order valence-corrected chi connectivity index (χ1v) is 6.05. The first kappa shape index (κ1) is 12.8. The number of halogens is 2. The van der Waals surface area contributed by atoms with Crippen LogP contribution in [0.15, 0.2) is 23.2 Å². The van der Waals surface area contributed by atoms with E-state index in [1.165, 1.54) is 18.2 Å². The third-order valence-corrected chi connectivity index (χ3v) is 3.15. The summed E-state index contributed by atoms with van der Waals surface area (Å²) in [6.45, 7) is 0.292. The maximum absolute atomic E-state index is 13.3. The van der Waals surface area contributed by atoms with Gasteiger partial charge in [-0.2, -0.15) is 0 Å². The summed E-state index contributed by atoms with van der Waals surface area (Å²) >= 11 is 0. The molecule has 98 valence electrons. The van der Waals surface area contributed by atoms with Crippen molar-refractivity contribution in [1.82, 2.24) is 4.90 Å². The second-order valence-corrected chi connectivity index (χ2v) is 4.53. The van der Waals surface area contributed by atoms with Crippen LogP contribution in [0, 0.1) is 11.6 Å². The van der Waals surface area contributed by atoms with Gasteiger partial charge in [-0.1, -0.05) is 6.07 Å². The zero-order valence-corrected chi connectivity index (χ0v) is 10.4. The Morgan fingerprint density at radius 1 is 1.39 bits per heavy atom. The molecule has 0 unspecified atom stereocenters. The molecule has 1 saturated carbocycles. The molecule has 0 spiro atoms. The highest BCUT2D eigenvalue weighted by Crippen LogP contribution is 2.24. The van der Waals surface area contributed by atoms with Crippen molar-refractivity contribution in [3.63, 3.8) is 0 Å². The molecular formula is C13H17F2N3. The topological polar surface area (TPSA) is 41.6 Å². The first-order chi connectivity index (χ1) is 8.59. The fraction of sp³-hybridized carbons (Fsp3) is 0.462. The second kappa shape index (κ2) is 5.33. The quantitative estimate of drug-likeness (QED) is 0.658. The maximum Gasteiger partial charge on any atom is 0.191 e. The molecule has 5 heteroatoms. The van der Waals surface area contributed by atoms with Gasteiger partial charge in [-0.05, 0) is 31.4 Å². The molecular weight excluding hydrogens is 236 g/mol. The molecule has 1 aliphatic carbocycles. The fourth-order valence-corrected chi connectivity index (χ4v) is 1.81. The number of benzene rings is 1. The van der Waals surface area contributed by atoms with Gasteiger partial charge in [0.2, 0.25) is 0 Å². The molecule has 0 amide bonds. The van der Waals surface area contributed by atoms with Gasteiger partial charge < -0.3 is 10.6 Å². The van der Waals surface area contributed by atoms with Crippen molar-refractivity contribution in [3.8, 4) is 0 Å². The molecule has 1 aromatic rings. The average Bonchev–Trinajstić information content (AvgIpc) is 3.16. The Morgan fingerprint density at radius 2 is 2.00 bits per heavy atom. The van der Waals surface area contributed by atoms with E-state index < -0.39 is 11.6 Å². The van der Waals surface area contributed by atoms with Crippen molar-refractivity contribution in [2.75, 3.05) is 13.6 Å². The van der Waals surface area contributed by atoms with Gasteiger partial charge in [0, 0.05) is 25.2 Å². The number of guanidine groups is 1. The number of hydrogen-bond acceptors (Lipinski definition) is 1. The van der Waals surface area contributed by atoms with Crippen molar-refractivity contribution in [1.29, 1.82) is 0 Å². The van der Waals surface area contributed by atoms with E-state index in [1.54, 1.807) is 0 Å². The van der Waals surface area contributed by atoms with Gasteiger partial charge in [-0.15, -0.1) is 0 Å². The van der Waals surface area contributed by atoms with Gasteiger partial charge >= 0.3 is 0 Å². The normalized spacial score (nSPS) is 15.8. The summed E-state index contributed by atoms with van der Waals surface area (Å²) in [6.07, 6.45) is 2.49. The minimum absolute atomic E-state index is 0.0723. The molecule has 2 N–H and O–H groups in total. The highest BCUT2D eigenvalue weighted by molar-refractivity contribution is 5.78. The minimum atomic E-state index is -0.528. The van der Waals surface area contributed by atoms with E-state index in [4.69, 9.17) is 5.73 Å². The molecule has 0 radical (unpaired) electrons. The summed E-state index contributed by atoms with van der Waals surface area (Å²) in [4.78, 5) is 6.06. The number of hydrogen-bond donors (Lipinski definition) is 1. The molecule has 0 aromatic heterocycles. The van der Waals surface area contributed by atoms with Crippen LogP contribution in [0.5, 0.6) is 0 Å². The van der Waals surface area contributed by atoms with Crippen molar-refractivity contribution in [2.45, 2.75) is 25.3 Å². The molecule has 0 atom stereocenters. The second-order valence-electron chi connectivity index (χ2n) is 4.53. The molecule has 0 bridgehead atoms. The highest BCUT2D eigenvalue weighted by atomic mass is 19.1. The van der Waals surface area contributed by atoms with Gasteiger partial charge in [0.15, 0.2) is 5.96 Å². The summed E-state index contributed by atoms with van der Waals surface area (Å²) in [5.74, 6) is -0.618. The largest absolute Gasteiger partial charge is 0.370 e. The minimum Gasteiger partial charge on any atom is -0.370 e. The highest BCUT2D eigenvalue weighted by Gasteiger charge is 2.27. The van der Waals surface area contributed by atoms with Crippen molar-refractivity contribution in [2.24, 2.45) is 10.7 Å². The Labute approximate surface area is 105 Å². The van der Waals surface area contributed by atoms with Crippen LogP contribution in [-0.4, -0.2) is 30.5 Å². The predicted molar refractivity (Wildman–Crippen MR) is 67.3 cm³/mol. The molecule has 1 aromatic carbocycles. The number of aliphatic imine (C=N–C) groups is 1. The van der Waals surface area contributed by atoms with Crippen LogP contribution >= 0.6 is 0 Å². The van der Waals surface area contributed by atoms with E-state index in [0.717, 1.165) is 12.8 Å². The third kappa shape index (κ3) is 2.97. The lowest BCUT2D eigenvalue weighted by molar-refractivity contribution is 0.487. The number of nitrogens with two attached hydrogens (primary N) is 1. The molecule has 0 heterocycles. The SMILES string of the molecule is CN(C(N)=NCCc1c(F)cccc1F)C1CC1. The lowest BCUT2D eigenvalue weighted by Gasteiger charge is -2.16. The summed E-state index contributed by atoms with van der Waals surface area (Å²) in [6, 6.07) is 4.34. The summed E-state index contributed by atoms with van der Waals surface area (Å²) in [5, 5.41) is 0. The fourth-order valence-electron chi connectivity index (χ4n) is 1.81. The van der Waals surface area contributed by atoms with Crippen molar-refractivity contribution in [3.05, 3.63) is 35.4 Å². The summed E-state index contributed by atoms with van der Waals surface area (Å²) in [5.41, 5.74) is 5.86. The van der Waals surface area contributed by atoms with E-state index in [9.17, 15) is 8.78 Å². The van der Waals surface area contributed by atoms with Gasteiger partial charge in [0.1, 0.15) is 11.6 Å². The van der Waals surface area contributed by atoms with Crippen molar-refractivity contribution < 1.29 is 8.78 Å². The summed E-state index contributed by atoms with van der Waals surface area (Å²) in [7, 11) is 1.89. The molecule has 3 nitrogen and oxygen atoms in total. The van der Waals surface area contributed by atoms with Gasteiger partial charge in [-0.3, -0.25) is 4.99 Å². The van der Waals surface area contributed by atoms with E-state index in [2.05, 4.69) is 4.99 Å². The third-order valence-electron chi connectivity index (χ3n) is 3.15. The van der Waals surface area contributed by atoms with Crippen LogP contribution in [0.4, 0.5) is 8.78 Å². The monoisotopic (exact) mass is 253 g/mol. The van der Waals surface area contributed by atoms with Gasteiger partial charge in [0.05, 0.1) is 0 Å². The Balaban J connectivity index is 1.93. The van der Waals surface area contributed by atoms with E-state index >= 15 is 0 Å². The Morgan fingerprint density at radius 3 is 2.56 bits per heavy atom. The molecule has 0 saturated heterocycles. The van der Waals surface area contributed by atoms with Crippen LogP contribution in [0.2, 0.25) is 0 Å². The van der Waals surface area contributed by atoms with Crippen LogP contribution in [-0.2, 0) is 6.42 Å². The molecule has 0 aliphatic heterocycles. The standard InChI is InChI=1S/C13H17F2N3/c1-18(9-5-6-9)13(16)17-8-7-10-11(14)3-2-4-12(10)15/h2-4,9H,5-8H2,1H3,(H2,16,17). The maximum atomic E-state index is 13.3. The predicted octanol–water partition coefficient (Wildman–Crippen LogP) is 1.92. The van der Waals surface area contributed by atoms with Gasteiger partial charge in [-0.25, -0.2) is 8.78 Å². The van der Waals surface area contributed by atoms with Gasteiger partial charge in [0.25, 0.3) is 0 Å². The van der Waals surface area contributed by atoms with Crippen LogP contribution in [0.3, 0.4) is 0 Å². The van der Waals surface area contributed by atoms with Crippen LogP contribution in [0.25, 0.3) is 0 Å². The lowest BCUT2D eigenvalue weighted by Crippen LogP contribution is -2.35. The van der Waals surface area contributed by atoms with Crippen LogP contribution < -0.4 is 5.73 Å². The molecule has 2 rings (SSSR count). The van der Waals surface area contributed by atoms with Crippen LogP contribution in [0.1, 0.15) is 18.4 Å². The van der Waals surface area contributed by atoms with Crippen molar-refractivity contribution >= 4 is 5.96 Å². The molecule has 1 fully saturated rings. The zero-order chi connectivity index (χ0) is 13.1. The van der Waals surface area contributed by atoms with E-state index in [0.29, 0.717) is 18.5 Å².